The van der Waals surface area contributed by atoms with Gasteiger partial charge in [-0.15, -0.1) is 46.2 Å². The molecule has 0 aromatic carbocycles. The molecule has 3 aromatic rings. The van der Waals surface area contributed by atoms with E-state index >= 15 is 0 Å². The van der Waals surface area contributed by atoms with Gasteiger partial charge in [-0.1, -0.05) is 5.16 Å². The molecule has 0 aliphatic carbocycles. The monoisotopic (exact) mass is 637 g/mol. The summed E-state index contributed by atoms with van der Waals surface area (Å²) in [5.41, 5.74) is 6.73. The number of carbonyl (C=O) groups is 3. The molecule has 0 bridgehead atoms. The van der Waals surface area contributed by atoms with Gasteiger partial charge in [-0.2, -0.15) is 4.73 Å². The highest BCUT2D eigenvalue weighted by Gasteiger charge is 2.54. The smallest absolute Gasteiger partial charge is 0.352 e. The van der Waals surface area contributed by atoms with Crippen molar-refractivity contribution in [1.82, 2.24) is 24.9 Å². The lowest BCUT2D eigenvalue weighted by Gasteiger charge is -2.49. The third-order valence-corrected chi connectivity index (χ3v) is 9.87. The lowest BCUT2D eigenvalue weighted by Crippen LogP contribution is -2.71. The van der Waals surface area contributed by atoms with Gasteiger partial charge < -0.3 is 31.3 Å². The van der Waals surface area contributed by atoms with Gasteiger partial charge in [0.1, 0.15) is 28.5 Å². The number of nitrogens with zero attached hydrogens (tertiary/aromatic N) is 5. The number of rotatable bonds is 10. The zero-order valence-corrected chi connectivity index (χ0v) is 23.8. The van der Waals surface area contributed by atoms with Gasteiger partial charge in [-0.05, 0) is 5.57 Å². The molecule has 2 atom stereocenters. The number of β-lactam (4-membered cyclic amide) rings is 1. The van der Waals surface area contributed by atoms with Gasteiger partial charge in [-0.3, -0.25) is 24.3 Å². The van der Waals surface area contributed by atoms with Gasteiger partial charge in [0.25, 0.3) is 11.8 Å². The summed E-state index contributed by atoms with van der Waals surface area (Å²) in [6, 6.07) is -0.121. The summed E-state index contributed by atoms with van der Waals surface area (Å²) in [6.45, 7) is -0.466. The second-order valence-corrected chi connectivity index (χ2v) is 12.5. The van der Waals surface area contributed by atoms with Crippen LogP contribution in [0.2, 0.25) is 0 Å². The fourth-order valence-electron chi connectivity index (χ4n) is 3.86. The largest absolute Gasteiger partial charge is 0.503 e. The predicted molar refractivity (Wildman–Crippen MR) is 150 cm³/mol. The van der Waals surface area contributed by atoms with Crippen LogP contribution in [0.3, 0.4) is 0 Å². The normalized spacial score (nSPS) is 18.6. The first-order valence-corrected chi connectivity index (χ1v) is 15.2. The first kappa shape index (κ1) is 28.5. The third kappa shape index (κ3) is 5.87. The number of anilines is 1. The molecule has 0 radical (unpaired) electrons. The Morgan fingerprint density at radius 3 is 2.80 bits per heavy atom. The van der Waals surface area contributed by atoms with Gasteiger partial charge in [0.15, 0.2) is 23.2 Å². The van der Waals surface area contributed by atoms with E-state index in [4.69, 9.17) is 10.6 Å². The number of hydrogen-bond donors (Lipinski definition) is 5. The van der Waals surface area contributed by atoms with E-state index in [1.54, 1.807) is 11.7 Å². The van der Waals surface area contributed by atoms with E-state index in [1.807, 2.05) is 0 Å². The summed E-state index contributed by atoms with van der Waals surface area (Å²) in [5, 5.41) is 36.4. The number of aromatic nitrogens is 3. The number of fused-ring (bicyclic) bond motifs is 1. The van der Waals surface area contributed by atoms with Crippen LogP contribution in [-0.2, 0) is 25.8 Å². The van der Waals surface area contributed by atoms with Crippen molar-refractivity contribution >= 4 is 74.8 Å². The summed E-state index contributed by atoms with van der Waals surface area (Å²) in [7, 11) is 0. The number of carboxylic acid groups (broad SMARTS) is 1. The van der Waals surface area contributed by atoms with Gasteiger partial charge in [0.05, 0.1) is 22.1 Å². The number of amides is 2. The van der Waals surface area contributed by atoms with Crippen LogP contribution in [0.15, 0.2) is 54.8 Å². The maximum atomic E-state index is 13.2. The van der Waals surface area contributed by atoms with Crippen LogP contribution in [-0.4, -0.2) is 81.4 Å². The van der Waals surface area contributed by atoms with Crippen molar-refractivity contribution in [2.45, 2.75) is 22.2 Å². The first-order chi connectivity index (χ1) is 19.6. The number of carboxylic acids is 1. The van der Waals surface area contributed by atoms with E-state index in [2.05, 4.69) is 20.4 Å². The molecule has 19 heteroatoms. The Hall–Kier alpha value is -4.07. The van der Waals surface area contributed by atoms with Crippen LogP contribution in [0.25, 0.3) is 0 Å². The summed E-state index contributed by atoms with van der Waals surface area (Å²) in [6.07, 6.45) is 2.46. The molecule has 6 N–H and O–H groups in total. The number of thioether (sulfide) groups is 2. The minimum absolute atomic E-state index is 0.0468. The molecule has 0 spiro atoms. The van der Waals surface area contributed by atoms with Crippen LogP contribution >= 0.6 is 46.2 Å². The Morgan fingerprint density at radius 1 is 1.32 bits per heavy atom. The topological polar surface area (TPSA) is 223 Å². The van der Waals surface area contributed by atoms with Gasteiger partial charge in [0, 0.05) is 23.0 Å². The molecular weight excluding hydrogens is 619 g/mol. The van der Waals surface area contributed by atoms with Crippen molar-refractivity contribution in [2.75, 3.05) is 17.2 Å². The molecular formula is C22H19N7O8S4. The Labute approximate surface area is 246 Å². The summed E-state index contributed by atoms with van der Waals surface area (Å²) < 4.78 is 1.38. The number of nitrogen functional groups attached to an aromatic ring is 1. The fourth-order valence-corrected chi connectivity index (χ4v) is 7.50. The Kier molecular flexibility index (Phi) is 8.20. The standard InChI is InChI=1S/C22H19N7O8S4/c23-22-25-11(7-40-22)15(27-37-4-10-1-12(30)13(31)3-28(10)36)18(32)26-16-19(33)29-17(21(34)35)9(6-39-20(16)29)5-38-14-2-24-8-41-14/h1-3,7-8,16,20,31,36H,4-6H2,(H2,23,25)(H,26,32)(H,34,35)/b27-15+/t16-,20-/m1/s1. The number of carbonyl (C=O) groups excluding carboxylic acids is 2. The SMILES string of the molecule is Nc1nc(/C(=N\OCc2cc(=O)c(O)cn2O)C(=O)N[C@@H]2C(=O)N3C(C(=O)O)=C(CSc4cncs4)CS[C@H]23)cs1. The van der Waals surface area contributed by atoms with Crippen LogP contribution in [0, 0.1) is 0 Å². The maximum absolute atomic E-state index is 13.2. The zero-order valence-electron chi connectivity index (χ0n) is 20.5. The minimum Gasteiger partial charge on any atom is -0.503 e. The molecule has 3 aromatic heterocycles. The second-order valence-electron chi connectivity index (χ2n) is 8.37. The van der Waals surface area contributed by atoms with Crippen LogP contribution in [0.4, 0.5) is 5.13 Å². The highest BCUT2D eigenvalue weighted by atomic mass is 32.2. The predicted octanol–water partition coefficient (Wildman–Crippen LogP) is 0.738. The van der Waals surface area contributed by atoms with Gasteiger partial charge in [-0.25, -0.2) is 9.78 Å². The molecule has 2 aliphatic heterocycles. The molecule has 15 nitrogen and oxygen atoms in total. The van der Waals surface area contributed by atoms with Crippen LogP contribution in [0.5, 0.6) is 5.75 Å². The zero-order chi connectivity index (χ0) is 29.3. The number of aliphatic carboxylic acids is 1. The fraction of sp³-hybridized carbons (Fsp3) is 0.227. The molecule has 1 saturated heterocycles. The Bertz CT molecular complexity index is 1630. The van der Waals surface area contributed by atoms with Crippen molar-refractivity contribution in [3.05, 3.63) is 62.2 Å². The number of nitrogens with two attached hydrogens (primary N) is 1. The summed E-state index contributed by atoms with van der Waals surface area (Å²) in [4.78, 5) is 64.5. The van der Waals surface area contributed by atoms with Crippen molar-refractivity contribution in [3.8, 4) is 5.75 Å². The lowest BCUT2D eigenvalue weighted by molar-refractivity contribution is -0.150. The maximum Gasteiger partial charge on any atom is 0.352 e. The number of thiazole rings is 2. The van der Waals surface area contributed by atoms with Gasteiger partial charge >= 0.3 is 5.97 Å². The molecule has 2 amide bonds. The number of oxime groups is 1. The first-order valence-electron chi connectivity index (χ1n) is 11.4. The Balaban J connectivity index is 1.31. The molecule has 41 heavy (non-hydrogen) atoms. The Morgan fingerprint density at radius 2 is 2.12 bits per heavy atom. The van der Waals surface area contributed by atoms with Gasteiger partial charge in [0.2, 0.25) is 5.43 Å². The molecule has 0 unspecified atom stereocenters. The second kappa shape index (κ2) is 11.8. The van der Waals surface area contributed by atoms with E-state index in [0.717, 1.165) is 27.8 Å². The van der Waals surface area contributed by atoms with E-state index in [0.29, 0.717) is 21.8 Å². The molecule has 5 rings (SSSR count). The van der Waals surface area contributed by atoms with E-state index < -0.39 is 47.0 Å². The van der Waals surface area contributed by atoms with E-state index in [1.165, 1.54) is 45.1 Å². The molecule has 214 valence electrons. The third-order valence-electron chi connectivity index (χ3n) is 5.77. The quantitative estimate of drug-likeness (QED) is 0.0681. The van der Waals surface area contributed by atoms with E-state index in [-0.39, 0.29) is 27.9 Å². The van der Waals surface area contributed by atoms with Crippen molar-refractivity contribution in [2.24, 2.45) is 5.16 Å². The average molecular weight is 638 g/mol. The number of aromatic hydroxyl groups is 1. The highest BCUT2D eigenvalue weighted by molar-refractivity contribution is 8.02. The summed E-state index contributed by atoms with van der Waals surface area (Å²) >= 11 is 5.21. The minimum atomic E-state index is -1.24. The summed E-state index contributed by atoms with van der Waals surface area (Å²) in [5.74, 6) is -2.64. The van der Waals surface area contributed by atoms with Crippen LogP contribution in [0.1, 0.15) is 11.4 Å². The molecule has 2 aliphatic rings. The number of hydrogen-bond acceptors (Lipinski definition) is 15. The lowest BCUT2D eigenvalue weighted by atomic mass is 10.0. The van der Waals surface area contributed by atoms with Crippen molar-refractivity contribution < 1.29 is 34.6 Å². The highest BCUT2D eigenvalue weighted by Crippen LogP contribution is 2.41. The molecule has 1 fully saturated rings. The van der Waals surface area contributed by atoms with Crippen molar-refractivity contribution in [3.63, 3.8) is 0 Å². The van der Waals surface area contributed by atoms with Crippen molar-refractivity contribution in [1.29, 1.82) is 0 Å². The average Bonchev–Trinajstić information content (AvgIpc) is 3.62. The number of nitrogens with one attached hydrogen (secondary N) is 1. The van der Waals surface area contributed by atoms with E-state index in [9.17, 15) is 34.6 Å². The molecule has 5 heterocycles. The number of pyridine rings is 1. The molecule has 0 saturated carbocycles. The van der Waals surface area contributed by atoms with Crippen LogP contribution < -0.4 is 16.5 Å².